The molecule has 1 unspecified atom stereocenters. The molecule has 4 heteroatoms. The zero-order valence-electron chi connectivity index (χ0n) is 13.4. The van der Waals surface area contributed by atoms with E-state index in [-0.39, 0.29) is 0 Å². The van der Waals surface area contributed by atoms with Crippen LogP contribution in [0, 0.1) is 0 Å². The molecule has 0 fully saturated rings. The van der Waals surface area contributed by atoms with E-state index >= 15 is 0 Å². The lowest BCUT2D eigenvalue weighted by Crippen LogP contribution is -2.37. The highest BCUT2D eigenvalue weighted by molar-refractivity contribution is 4.69. The van der Waals surface area contributed by atoms with Gasteiger partial charge in [0.05, 0.1) is 0 Å². The molecule has 0 aromatic rings. The number of hydrogen-bond donors (Lipinski definition) is 2. The van der Waals surface area contributed by atoms with Crippen LogP contribution in [0.5, 0.6) is 0 Å². The number of nitrogens with two attached hydrogens (primary N) is 2. The molecule has 0 heterocycles. The molecule has 4 nitrogen and oxygen atoms in total. The summed E-state index contributed by atoms with van der Waals surface area (Å²) in [6, 6.07) is 0.653. The standard InChI is InChI=1S/C15H36N4/c1-4-18(12-7-6-10-16)14-9-15(3)19(5-2)13-8-11-17/h15H,4-14,16-17H2,1-3H3. The van der Waals surface area contributed by atoms with Gasteiger partial charge in [0.2, 0.25) is 0 Å². The number of rotatable bonds is 13. The van der Waals surface area contributed by atoms with Crippen LogP contribution in [0.15, 0.2) is 0 Å². The van der Waals surface area contributed by atoms with Crippen molar-refractivity contribution in [1.82, 2.24) is 9.80 Å². The van der Waals surface area contributed by atoms with Gasteiger partial charge in [0.1, 0.15) is 0 Å². The minimum absolute atomic E-state index is 0.653. The van der Waals surface area contributed by atoms with E-state index in [0.29, 0.717) is 6.04 Å². The van der Waals surface area contributed by atoms with Crippen molar-refractivity contribution in [2.24, 2.45) is 11.5 Å². The van der Waals surface area contributed by atoms with Gasteiger partial charge in [0, 0.05) is 6.04 Å². The van der Waals surface area contributed by atoms with E-state index in [9.17, 15) is 0 Å². The fourth-order valence-electron chi connectivity index (χ4n) is 2.44. The van der Waals surface area contributed by atoms with Crippen molar-refractivity contribution in [3.63, 3.8) is 0 Å². The molecule has 0 radical (unpaired) electrons. The van der Waals surface area contributed by atoms with Gasteiger partial charge in [-0.25, -0.2) is 0 Å². The van der Waals surface area contributed by atoms with Crippen LogP contribution in [-0.4, -0.2) is 61.7 Å². The van der Waals surface area contributed by atoms with E-state index in [0.717, 1.165) is 45.6 Å². The Morgan fingerprint density at radius 2 is 1.53 bits per heavy atom. The minimum Gasteiger partial charge on any atom is -0.330 e. The lowest BCUT2D eigenvalue weighted by molar-refractivity contribution is 0.181. The van der Waals surface area contributed by atoms with Crippen molar-refractivity contribution in [3.05, 3.63) is 0 Å². The molecule has 0 aliphatic heterocycles. The lowest BCUT2D eigenvalue weighted by Gasteiger charge is -2.30. The van der Waals surface area contributed by atoms with Crippen molar-refractivity contribution in [2.75, 3.05) is 45.8 Å². The fourth-order valence-corrected chi connectivity index (χ4v) is 2.44. The van der Waals surface area contributed by atoms with Crippen molar-refractivity contribution >= 4 is 0 Å². The molecule has 0 aromatic heterocycles. The summed E-state index contributed by atoms with van der Waals surface area (Å²) < 4.78 is 0. The van der Waals surface area contributed by atoms with Crippen molar-refractivity contribution in [2.45, 2.75) is 52.5 Å². The summed E-state index contributed by atoms with van der Waals surface area (Å²) in [7, 11) is 0. The molecule has 19 heavy (non-hydrogen) atoms. The third-order valence-electron chi connectivity index (χ3n) is 3.92. The summed E-state index contributed by atoms with van der Waals surface area (Å²) in [6.45, 7) is 14.2. The Morgan fingerprint density at radius 1 is 0.842 bits per heavy atom. The van der Waals surface area contributed by atoms with E-state index in [1.165, 1.54) is 25.9 Å². The second-order valence-electron chi connectivity index (χ2n) is 5.34. The molecule has 0 saturated heterocycles. The Labute approximate surface area is 120 Å². The number of nitrogens with zero attached hydrogens (tertiary/aromatic N) is 2. The third-order valence-corrected chi connectivity index (χ3v) is 3.92. The average molecular weight is 272 g/mol. The maximum absolute atomic E-state index is 5.60. The van der Waals surface area contributed by atoms with Crippen LogP contribution in [0.4, 0.5) is 0 Å². The highest BCUT2D eigenvalue weighted by Gasteiger charge is 2.12. The first kappa shape index (κ1) is 18.8. The summed E-state index contributed by atoms with van der Waals surface area (Å²) in [4.78, 5) is 5.09. The summed E-state index contributed by atoms with van der Waals surface area (Å²) in [5.41, 5.74) is 11.1. The molecule has 0 rings (SSSR count). The van der Waals surface area contributed by atoms with Gasteiger partial charge in [-0.3, -0.25) is 0 Å². The van der Waals surface area contributed by atoms with Crippen LogP contribution in [-0.2, 0) is 0 Å². The van der Waals surface area contributed by atoms with Crippen molar-refractivity contribution < 1.29 is 0 Å². The first-order chi connectivity index (χ1) is 9.19. The summed E-state index contributed by atoms with van der Waals surface area (Å²) in [6.07, 6.45) is 4.72. The Morgan fingerprint density at radius 3 is 2.05 bits per heavy atom. The quantitative estimate of drug-likeness (QED) is 0.499. The third kappa shape index (κ3) is 9.38. The second kappa shape index (κ2) is 12.9. The Hall–Kier alpha value is -0.160. The Kier molecular flexibility index (Phi) is 12.7. The first-order valence-corrected chi connectivity index (χ1v) is 8.06. The van der Waals surface area contributed by atoms with Crippen LogP contribution in [0.2, 0.25) is 0 Å². The van der Waals surface area contributed by atoms with Gasteiger partial charge in [-0.05, 0) is 78.4 Å². The van der Waals surface area contributed by atoms with Gasteiger partial charge in [-0.2, -0.15) is 0 Å². The van der Waals surface area contributed by atoms with E-state index in [2.05, 4.69) is 30.6 Å². The van der Waals surface area contributed by atoms with Gasteiger partial charge in [0.25, 0.3) is 0 Å². The van der Waals surface area contributed by atoms with E-state index in [1.807, 2.05) is 0 Å². The van der Waals surface area contributed by atoms with E-state index in [4.69, 9.17) is 11.5 Å². The van der Waals surface area contributed by atoms with Gasteiger partial charge in [-0.1, -0.05) is 13.8 Å². The fraction of sp³-hybridized carbons (Fsp3) is 1.00. The summed E-state index contributed by atoms with van der Waals surface area (Å²) in [5, 5.41) is 0. The molecule has 1 atom stereocenters. The molecule has 0 spiro atoms. The molecule has 0 aromatic carbocycles. The Balaban J connectivity index is 3.90. The molecule has 0 saturated carbocycles. The van der Waals surface area contributed by atoms with Crippen LogP contribution < -0.4 is 11.5 Å². The normalized spacial score (nSPS) is 13.4. The van der Waals surface area contributed by atoms with Crippen LogP contribution >= 0.6 is 0 Å². The van der Waals surface area contributed by atoms with Gasteiger partial charge in [-0.15, -0.1) is 0 Å². The zero-order chi connectivity index (χ0) is 14.5. The molecule has 116 valence electrons. The molecule has 4 N–H and O–H groups in total. The molecule has 0 bridgehead atoms. The first-order valence-electron chi connectivity index (χ1n) is 8.06. The van der Waals surface area contributed by atoms with Crippen molar-refractivity contribution in [3.8, 4) is 0 Å². The minimum atomic E-state index is 0.653. The van der Waals surface area contributed by atoms with Crippen molar-refractivity contribution in [1.29, 1.82) is 0 Å². The Bertz CT molecular complexity index is 187. The van der Waals surface area contributed by atoms with Crippen LogP contribution in [0.25, 0.3) is 0 Å². The second-order valence-corrected chi connectivity index (χ2v) is 5.34. The van der Waals surface area contributed by atoms with Crippen LogP contribution in [0.3, 0.4) is 0 Å². The molecule has 0 aliphatic rings. The topological polar surface area (TPSA) is 58.5 Å². The molecular weight excluding hydrogens is 236 g/mol. The van der Waals surface area contributed by atoms with E-state index in [1.54, 1.807) is 0 Å². The van der Waals surface area contributed by atoms with Crippen LogP contribution in [0.1, 0.15) is 46.5 Å². The maximum Gasteiger partial charge on any atom is 0.00789 e. The zero-order valence-corrected chi connectivity index (χ0v) is 13.4. The largest absolute Gasteiger partial charge is 0.330 e. The number of unbranched alkanes of at least 4 members (excludes halogenated alkanes) is 1. The monoisotopic (exact) mass is 272 g/mol. The highest BCUT2D eigenvalue weighted by Crippen LogP contribution is 2.06. The molecule has 0 aliphatic carbocycles. The summed E-state index contributed by atoms with van der Waals surface area (Å²) >= 11 is 0. The number of hydrogen-bond acceptors (Lipinski definition) is 4. The van der Waals surface area contributed by atoms with E-state index < -0.39 is 0 Å². The molecular formula is C15H36N4. The predicted octanol–water partition coefficient (Wildman–Crippen LogP) is 1.50. The predicted molar refractivity (Wildman–Crippen MR) is 85.4 cm³/mol. The lowest BCUT2D eigenvalue weighted by atomic mass is 10.1. The van der Waals surface area contributed by atoms with Gasteiger partial charge in [0.15, 0.2) is 0 Å². The summed E-state index contributed by atoms with van der Waals surface area (Å²) in [5.74, 6) is 0. The molecule has 0 amide bonds. The average Bonchev–Trinajstić information content (AvgIpc) is 2.43. The van der Waals surface area contributed by atoms with Gasteiger partial charge < -0.3 is 21.3 Å². The smallest absolute Gasteiger partial charge is 0.00789 e. The maximum atomic E-state index is 5.60. The SMILES string of the molecule is CCN(CCCCN)CCC(C)N(CC)CCCN. The highest BCUT2D eigenvalue weighted by atomic mass is 15.2. The van der Waals surface area contributed by atoms with Gasteiger partial charge >= 0.3 is 0 Å².